The Hall–Kier alpha value is -1.93. The van der Waals surface area contributed by atoms with Gasteiger partial charge in [-0.15, -0.1) is 0 Å². The molecule has 0 spiro atoms. The molecule has 0 aliphatic carbocycles. The van der Waals surface area contributed by atoms with Crippen molar-refractivity contribution in [1.29, 1.82) is 0 Å². The lowest BCUT2D eigenvalue weighted by atomic mass is 10.1. The van der Waals surface area contributed by atoms with Crippen LogP contribution >= 0.6 is 0 Å². The molecule has 0 aliphatic heterocycles. The molecule has 1 aromatic carbocycles. The number of primary amides is 1. The van der Waals surface area contributed by atoms with Crippen molar-refractivity contribution in [3.05, 3.63) is 35.4 Å². The molecule has 0 saturated carbocycles. The van der Waals surface area contributed by atoms with Crippen molar-refractivity contribution in [2.75, 3.05) is 13.1 Å². The van der Waals surface area contributed by atoms with Gasteiger partial charge in [-0.2, -0.15) is 4.31 Å². The Morgan fingerprint density at radius 1 is 1.35 bits per heavy atom. The minimum absolute atomic E-state index is 0.00986. The average Bonchev–Trinajstić information content (AvgIpc) is 2.35. The van der Waals surface area contributed by atoms with Crippen LogP contribution in [0.25, 0.3) is 0 Å². The van der Waals surface area contributed by atoms with Gasteiger partial charge in [-0.3, -0.25) is 4.79 Å². The van der Waals surface area contributed by atoms with E-state index in [1.165, 1.54) is 24.3 Å². The van der Waals surface area contributed by atoms with Gasteiger partial charge in [-0.25, -0.2) is 13.2 Å². The molecule has 0 saturated heterocycles. The van der Waals surface area contributed by atoms with E-state index >= 15 is 0 Å². The van der Waals surface area contributed by atoms with E-state index in [4.69, 9.17) is 10.8 Å². The average molecular weight is 300 g/mol. The number of carboxylic acid groups (broad SMARTS) is 1. The molecule has 0 bridgehead atoms. The number of hydrogen-bond acceptors (Lipinski definition) is 4. The van der Waals surface area contributed by atoms with Gasteiger partial charge in [0.15, 0.2) is 0 Å². The van der Waals surface area contributed by atoms with E-state index in [9.17, 15) is 18.0 Å². The van der Waals surface area contributed by atoms with Gasteiger partial charge < -0.3 is 10.8 Å². The molecule has 0 aliphatic rings. The summed E-state index contributed by atoms with van der Waals surface area (Å²) < 4.78 is 25.2. The fraction of sp³-hybridized carbons (Fsp3) is 0.333. The number of hydrogen-bond donors (Lipinski definition) is 2. The Bertz CT molecular complexity index is 612. The number of rotatable bonds is 7. The molecule has 1 rings (SSSR count). The fourth-order valence-electron chi connectivity index (χ4n) is 1.68. The summed E-state index contributed by atoms with van der Waals surface area (Å²) in [5.74, 6) is -2.25. The van der Waals surface area contributed by atoms with E-state index in [0.29, 0.717) is 5.56 Å². The SMILES string of the molecule is CCN(CC(N)=O)S(=O)(=O)Cc1cccc(C(=O)O)c1. The third kappa shape index (κ3) is 4.32. The van der Waals surface area contributed by atoms with Crippen LogP contribution in [0.1, 0.15) is 22.8 Å². The molecule has 20 heavy (non-hydrogen) atoms. The minimum atomic E-state index is -3.72. The molecule has 0 aromatic heterocycles. The van der Waals surface area contributed by atoms with Gasteiger partial charge in [0.05, 0.1) is 17.9 Å². The first kappa shape index (κ1) is 16.1. The number of carboxylic acids is 1. The lowest BCUT2D eigenvalue weighted by molar-refractivity contribution is -0.118. The van der Waals surface area contributed by atoms with Crippen LogP contribution in [0.2, 0.25) is 0 Å². The predicted molar refractivity (Wildman–Crippen MR) is 72.5 cm³/mol. The fourth-order valence-corrected chi connectivity index (χ4v) is 3.18. The first-order valence-electron chi connectivity index (χ1n) is 5.84. The number of amides is 1. The minimum Gasteiger partial charge on any atom is -0.478 e. The van der Waals surface area contributed by atoms with Crippen LogP contribution in [-0.2, 0) is 20.6 Å². The summed E-state index contributed by atoms with van der Waals surface area (Å²) >= 11 is 0. The number of sulfonamides is 1. The molecule has 3 N–H and O–H groups in total. The van der Waals surface area contributed by atoms with Crippen molar-refractivity contribution in [3.63, 3.8) is 0 Å². The summed E-state index contributed by atoms with van der Waals surface area (Å²) in [6, 6.07) is 5.65. The van der Waals surface area contributed by atoms with Crippen LogP contribution in [0.5, 0.6) is 0 Å². The van der Waals surface area contributed by atoms with E-state index in [2.05, 4.69) is 0 Å². The van der Waals surface area contributed by atoms with Gasteiger partial charge in [-0.05, 0) is 17.7 Å². The highest BCUT2D eigenvalue weighted by Gasteiger charge is 2.22. The normalized spacial score (nSPS) is 11.5. The van der Waals surface area contributed by atoms with E-state index in [-0.39, 0.29) is 17.9 Å². The summed E-state index contributed by atoms with van der Waals surface area (Å²) in [6.07, 6.45) is 0. The number of nitrogens with two attached hydrogens (primary N) is 1. The Morgan fingerprint density at radius 2 is 2.00 bits per heavy atom. The van der Waals surface area contributed by atoms with Crippen LogP contribution in [0.3, 0.4) is 0 Å². The Balaban J connectivity index is 2.98. The van der Waals surface area contributed by atoms with Crippen molar-refractivity contribution in [3.8, 4) is 0 Å². The maximum absolute atomic E-state index is 12.1. The van der Waals surface area contributed by atoms with E-state index in [0.717, 1.165) is 4.31 Å². The van der Waals surface area contributed by atoms with Gasteiger partial charge in [0, 0.05) is 6.54 Å². The van der Waals surface area contributed by atoms with Crippen molar-refractivity contribution < 1.29 is 23.1 Å². The summed E-state index contributed by atoms with van der Waals surface area (Å²) in [4.78, 5) is 21.7. The molecule has 0 heterocycles. The van der Waals surface area contributed by atoms with Gasteiger partial charge in [0.25, 0.3) is 0 Å². The van der Waals surface area contributed by atoms with Crippen LogP contribution in [0.4, 0.5) is 0 Å². The molecule has 110 valence electrons. The number of aromatic carboxylic acids is 1. The maximum atomic E-state index is 12.1. The molecule has 7 nitrogen and oxygen atoms in total. The third-order valence-corrected chi connectivity index (χ3v) is 4.47. The monoisotopic (exact) mass is 300 g/mol. The topological polar surface area (TPSA) is 118 Å². The van der Waals surface area contributed by atoms with Gasteiger partial charge in [0.2, 0.25) is 15.9 Å². The molecule has 8 heteroatoms. The number of likely N-dealkylation sites (N-methyl/N-ethyl adjacent to an activating group) is 1. The molecule has 1 amide bonds. The van der Waals surface area contributed by atoms with E-state index < -0.39 is 28.4 Å². The smallest absolute Gasteiger partial charge is 0.335 e. The molecule has 1 aromatic rings. The second kappa shape index (κ2) is 6.49. The lowest BCUT2D eigenvalue weighted by Gasteiger charge is -2.18. The van der Waals surface area contributed by atoms with Gasteiger partial charge in [-0.1, -0.05) is 19.1 Å². The first-order chi connectivity index (χ1) is 9.26. The standard InChI is InChI=1S/C12H16N2O5S/c1-2-14(7-11(13)15)20(18,19)8-9-4-3-5-10(6-9)12(16)17/h3-6H,2,7-8H2,1H3,(H2,13,15)(H,16,17). The van der Waals surface area contributed by atoms with Crippen molar-refractivity contribution >= 4 is 21.9 Å². The quantitative estimate of drug-likeness (QED) is 0.736. The number of benzene rings is 1. The van der Waals surface area contributed by atoms with Crippen molar-refractivity contribution in [2.45, 2.75) is 12.7 Å². The van der Waals surface area contributed by atoms with Crippen LogP contribution in [-0.4, -0.2) is 42.8 Å². The lowest BCUT2D eigenvalue weighted by Crippen LogP contribution is -2.38. The Morgan fingerprint density at radius 3 is 2.50 bits per heavy atom. The van der Waals surface area contributed by atoms with Crippen LogP contribution < -0.4 is 5.73 Å². The number of carbonyl (C=O) groups is 2. The summed E-state index contributed by atoms with van der Waals surface area (Å²) in [5, 5.41) is 8.86. The molecule has 0 radical (unpaired) electrons. The zero-order valence-electron chi connectivity index (χ0n) is 10.9. The first-order valence-corrected chi connectivity index (χ1v) is 7.45. The van der Waals surface area contributed by atoms with Gasteiger partial charge >= 0.3 is 5.97 Å². The number of carbonyl (C=O) groups excluding carboxylic acids is 1. The Kier molecular flexibility index (Phi) is 5.23. The highest BCUT2D eigenvalue weighted by atomic mass is 32.2. The zero-order chi connectivity index (χ0) is 15.3. The highest BCUT2D eigenvalue weighted by Crippen LogP contribution is 2.12. The largest absolute Gasteiger partial charge is 0.478 e. The highest BCUT2D eigenvalue weighted by molar-refractivity contribution is 7.88. The molecule has 0 fully saturated rings. The van der Waals surface area contributed by atoms with Crippen LogP contribution in [0.15, 0.2) is 24.3 Å². The molecule has 0 unspecified atom stereocenters. The summed E-state index contributed by atoms with van der Waals surface area (Å²) in [6.45, 7) is 1.31. The van der Waals surface area contributed by atoms with Gasteiger partial charge in [0.1, 0.15) is 0 Å². The number of nitrogens with zero attached hydrogens (tertiary/aromatic N) is 1. The zero-order valence-corrected chi connectivity index (χ0v) is 11.8. The summed E-state index contributed by atoms with van der Waals surface area (Å²) in [7, 11) is -3.72. The van der Waals surface area contributed by atoms with E-state index in [1.807, 2.05) is 0 Å². The van der Waals surface area contributed by atoms with E-state index in [1.54, 1.807) is 6.92 Å². The van der Waals surface area contributed by atoms with Crippen molar-refractivity contribution in [2.24, 2.45) is 5.73 Å². The Labute approximate surface area is 117 Å². The maximum Gasteiger partial charge on any atom is 0.335 e. The molecular formula is C12H16N2O5S. The molecule has 0 atom stereocenters. The van der Waals surface area contributed by atoms with Crippen molar-refractivity contribution in [1.82, 2.24) is 4.31 Å². The third-order valence-electron chi connectivity index (χ3n) is 2.60. The van der Waals surface area contributed by atoms with Crippen LogP contribution in [0, 0.1) is 0 Å². The second-order valence-electron chi connectivity index (χ2n) is 4.15. The second-order valence-corrected chi connectivity index (χ2v) is 6.12. The molecular weight excluding hydrogens is 284 g/mol. The summed E-state index contributed by atoms with van der Waals surface area (Å²) in [5.41, 5.74) is 5.35. The predicted octanol–water partition coefficient (Wildman–Crippen LogP) is 0.0218.